The molecule has 0 saturated heterocycles. The van der Waals surface area contributed by atoms with E-state index in [-0.39, 0.29) is 0 Å². The summed E-state index contributed by atoms with van der Waals surface area (Å²) in [6, 6.07) is 14.6. The Balaban J connectivity index is 1.46. The Kier molecular flexibility index (Phi) is 8.59. The van der Waals surface area contributed by atoms with Crippen LogP contribution in [0, 0.1) is 0 Å². The molecule has 0 atom stereocenters. The fraction of sp³-hybridized carbons (Fsp3) is 0.182. The zero-order valence-electron chi connectivity index (χ0n) is 17.1. The van der Waals surface area contributed by atoms with Crippen LogP contribution < -0.4 is 9.54 Å². The van der Waals surface area contributed by atoms with Gasteiger partial charge >= 0.3 is 5.97 Å². The van der Waals surface area contributed by atoms with Crippen molar-refractivity contribution in [3.05, 3.63) is 81.1 Å². The van der Waals surface area contributed by atoms with Gasteiger partial charge in [0.05, 0.1) is 19.9 Å². The molecule has 0 aliphatic rings. The summed E-state index contributed by atoms with van der Waals surface area (Å²) >= 11 is 7.49. The first-order valence-electron chi connectivity index (χ1n) is 9.45. The van der Waals surface area contributed by atoms with Crippen LogP contribution >= 0.6 is 22.9 Å². The lowest BCUT2D eigenvalue weighted by Crippen LogP contribution is -2.21. The van der Waals surface area contributed by atoms with Gasteiger partial charge in [-0.1, -0.05) is 35.0 Å². The molecular formula is C22H20ClN3O5S. The molecule has 0 aliphatic heterocycles. The molecular weight excluding hydrogens is 454 g/mol. The molecule has 2 aromatic carbocycles. The molecule has 0 N–H and O–H groups in total. The first kappa shape index (κ1) is 23.2. The quantitative estimate of drug-likeness (QED) is 0.270. The molecule has 10 heteroatoms. The third-order valence-corrected chi connectivity index (χ3v) is 5.27. The van der Waals surface area contributed by atoms with Gasteiger partial charge in [-0.2, -0.15) is 4.99 Å². The molecule has 1 aromatic heterocycles. The maximum absolute atomic E-state index is 12.1. The number of carbonyl (C=O) groups excluding carboxylic acids is 2. The predicted octanol–water partition coefficient (Wildman–Crippen LogP) is 3.28. The molecule has 32 heavy (non-hydrogen) atoms. The lowest BCUT2D eigenvalue weighted by atomic mass is 10.2. The van der Waals surface area contributed by atoms with Crippen LogP contribution in [0.25, 0.3) is 0 Å². The smallest absolute Gasteiger partial charge is 0.347 e. The molecule has 1 heterocycles. The van der Waals surface area contributed by atoms with E-state index in [1.165, 1.54) is 17.6 Å². The van der Waals surface area contributed by atoms with Crippen molar-refractivity contribution in [1.82, 2.24) is 4.57 Å². The average Bonchev–Trinajstić information content (AvgIpc) is 3.23. The van der Waals surface area contributed by atoms with Crippen LogP contribution in [0.4, 0.5) is 0 Å². The van der Waals surface area contributed by atoms with Gasteiger partial charge in [0, 0.05) is 16.6 Å². The van der Waals surface area contributed by atoms with Crippen molar-refractivity contribution in [1.29, 1.82) is 0 Å². The van der Waals surface area contributed by atoms with Gasteiger partial charge < -0.3 is 18.9 Å². The Bertz CT molecular complexity index is 1150. The highest BCUT2D eigenvalue weighted by Gasteiger charge is 2.09. The molecule has 0 spiro atoms. The van der Waals surface area contributed by atoms with Gasteiger partial charge in [0.2, 0.25) is 6.61 Å². The Morgan fingerprint density at radius 1 is 1.12 bits per heavy atom. The minimum absolute atomic E-state index is 0.425. The van der Waals surface area contributed by atoms with E-state index in [1.54, 1.807) is 48.2 Å². The van der Waals surface area contributed by atoms with E-state index in [0.717, 1.165) is 16.9 Å². The molecule has 1 amide bonds. The number of benzene rings is 2. The predicted molar refractivity (Wildman–Crippen MR) is 121 cm³/mol. The molecule has 166 valence electrons. The summed E-state index contributed by atoms with van der Waals surface area (Å²) in [5.41, 5.74) is 1.68. The van der Waals surface area contributed by atoms with Gasteiger partial charge in [-0.05, 0) is 41.5 Å². The molecule has 0 saturated carbocycles. The second-order valence-electron chi connectivity index (χ2n) is 6.35. The number of methoxy groups -OCH3 is 1. The minimum atomic E-state index is -0.726. The van der Waals surface area contributed by atoms with E-state index in [4.69, 9.17) is 25.9 Å². The topological polar surface area (TPSA) is 91.5 Å². The lowest BCUT2D eigenvalue weighted by molar-refractivity contribution is -0.152. The van der Waals surface area contributed by atoms with Gasteiger partial charge in [-0.3, -0.25) is 4.79 Å². The summed E-state index contributed by atoms with van der Waals surface area (Å²) in [4.78, 5) is 33.2. The highest BCUT2D eigenvalue weighted by molar-refractivity contribution is 7.07. The van der Waals surface area contributed by atoms with Crippen LogP contribution in [0.2, 0.25) is 5.02 Å². The van der Waals surface area contributed by atoms with Crippen molar-refractivity contribution >= 4 is 41.0 Å². The molecule has 0 unspecified atom stereocenters. The van der Waals surface area contributed by atoms with Crippen molar-refractivity contribution in [3.8, 4) is 5.75 Å². The highest BCUT2D eigenvalue weighted by atomic mass is 35.5. The third kappa shape index (κ3) is 7.07. The van der Waals surface area contributed by atoms with Gasteiger partial charge in [0.15, 0.2) is 11.4 Å². The number of nitrogens with zero attached hydrogens (tertiary/aromatic N) is 3. The summed E-state index contributed by atoms with van der Waals surface area (Å²) in [6.45, 7) is -0.449. The Labute approximate surface area is 193 Å². The van der Waals surface area contributed by atoms with Crippen molar-refractivity contribution < 1.29 is 23.9 Å². The number of hydrogen-bond donors (Lipinski definition) is 0. The van der Waals surface area contributed by atoms with E-state index in [9.17, 15) is 9.59 Å². The van der Waals surface area contributed by atoms with E-state index in [2.05, 4.69) is 10.1 Å². The van der Waals surface area contributed by atoms with Crippen molar-refractivity contribution in [3.63, 3.8) is 0 Å². The molecule has 0 aliphatic carbocycles. The second kappa shape index (κ2) is 11.8. The van der Waals surface area contributed by atoms with E-state index >= 15 is 0 Å². The maximum atomic E-state index is 12.1. The van der Waals surface area contributed by atoms with Crippen molar-refractivity contribution in [2.45, 2.75) is 6.54 Å². The number of aromatic nitrogens is 1. The Morgan fingerprint density at radius 2 is 1.91 bits per heavy atom. The molecule has 0 radical (unpaired) electrons. The number of thiazole rings is 1. The summed E-state index contributed by atoms with van der Waals surface area (Å²) in [6.07, 6.45) is 3.25. The fourth-order valence-corrected chi connectivity index (χ4v) is 3.46. The highest BCUT2D eigenvalue weighted by Crippen LogP contribution is 2.15. The van der Waals surface area contributed by atoms with Gasteiger partial charge in [0.1, 0.15) is 5.75 Å². The van der Waals surface area contributed by atoms with Crippen LogP contribution in [0.5, 0.6) is 5.75 Å². The van der Waals surface area contributed by atoms with Crippen LogP contribution in [-0.4, -0.2) is 43.0 Å². The monoisotopic (exact) mass is 473 g/mol. The number of hydrogen-bond acceptors (Lipinski definition) is 7. The second-order valence-corrected chi connectivity index (χ2v) is 7.63. The first-order valence-corrected chi connectivity index (χ1v) is 10.7. The molecule has 0 bridgehead atoms. The Morgan fingerprint density at radius 3 is 2.66 bits per heavy atom. The van der Waals surface area contributed by atoms with Crippen molar-refractivity contribution in [2.75, 3.05) is 20.3 Å². The summed E-state index contributed by atoms with van der Waals surface area (Å²) < 4.78 is 11.7. The summed E-state index contributed by atoms with van der Waals surface area (Å²) in [7, 11) is 1.58. The molecule has 0 fully saturated rings. The summed E-state index contributed by atoms with van der Waals surface area (Å²) in [5.74, 6) is -0.593. The largest absolute Gasteiger partial charge is 0.497 e. The number of amides is 1. The van der Waals surface area contributed by atoms with E-state index < -0.39 is 25.1 Å². The molecule has 3 rings (SSSR count). The van der Waals surface area contributed by atoms with Crippen LogP contribution in [0.1, 0.15) is 11.1 Å². The number of ether oxygens (including phenoxy) is 2. The number of halogens is 1. The van der Waals surface area contributed by atoms with Crippen molar-refractivity contribution in [2.24, 2.45) is 10.1 Å². The van der Waals surface area contributed by atoms with Gasteiger partial charge in [-0.15, -0.1) is 11.3 Å². The third-order valence-electron chi connectivity index (χ3n) is 4.11. The number of esters is 1. The fourth-order valence-electron chi connectivity index (χ4n) is 2.52. The van der Waals surface area contributed by atoms with Gasteiger partial charge in [-0.25, -0.2) is 4.79 Å². The van der Waals surface area contributed by atoms with Crippen LogP contribution in [-0.2, 0) is 25.7 Å². The minimum Gasteiger partial charge on any atom is -0.497 e. The van der Waals surface area contributed by atoms with Gasteiger partial charge in [0.25, 0.3) is 5.91 Å². The average molecular weight is 474 g/mol. The number of oxime groups is 1. The standard InChI is InChI=1S/C22H20ClN3O5S/c1-29-18-8-6-16(7-9-18)12-24-31-15-21(28)30-14-20(27)25-22-26(10-11-32-22)13-17-4-2-3-5-19(17)23/h2-12H,13-15H2,1H3/b24-12+,25-22?. The first-order chi connectivity index (χ1) is 15.5. The van der Waals surface area contributed by atoms with E-state index in [0.29, 0.717) is 16.4 Å². The Hall–Kier alpha value is -3.43. The zero-order valence-corrected chi connectivity index (χ0v) is 18.7. The number of carbonyl (C=O) groups is 2. The van der Waals surface area contributed by atoms with Crippen LogP contribution in [0.15, 0.2) is 70.3 Å². The summed E-state index contributed by atoms with van der Waals surface area (Å²) in [5, 5.41) is 6.14. The SMILES string of the molecule is COc1ccc(/C=N/OCC(=O)OCC(=O)N=c2sccn2Cc2ccccc2Cl)cc1. The lowest BCUT2D eigenvalue weighted by Gasteiger charge is -2.05. The van der Waals surface area contributed by atoms with Crippen LogP contribution in [0.3, 0.4) is 0 Å². The van der Waals surface area contributed by atoms with E-state index in [1.807, 2.05) is 23.6 Å². The maximum Gasteiger partial charge on any atom is 0.347 e. The normalized spacial score (nSPS) is 11.5. The molecule has 3 aromatic rings. The number of rotatable bonds is 9. The molecule has 8 nitrogen and oxygen atoms in total. The zero-order chi connectivity index (χ0) is 22.8.